The average molecular weight is 384 g/mol. The van der Waals surface area contributed by atoms with Crippen LogP contribution in [-0.4, -0.2) is 28.2 Å². The number of aryl methyl sites for hydroxylation is 3. The highest BCUT2D eigenvalue weighted by atomic mass is 32.2. The van der Waals surface area contributed by atoms with Crippen molar-refractivity contribution in [2.75, 3.05) is 11.9 Å². The van der Waals surface area contributed by atoms with Gasteiger partial charge in [0.05, 0.1) is 5.25 Å². The van der Waals surface area contributed by atoms with Gasteiger partial charge in [-0.15, -0.1) is 11.3 Å². The summed E-state index contributed by atoms with van der Waals surface area (Å²) in [6.07, 6.45) is 3.45. The van der Waals surface area contributed by atoms with E-state index in [0.717, 1.165) is 34.2 Å². The lowest BCUT2D eigenvalue weighted by atomic mass is 10.2. The lowest BCUT2D eigenvalue weighted by Crippen LogP contribution is -2.33. The maximum Gasteiger partial charge on any atom is 0.239 e. The molecule has 134 valence electrons. The summed E-state index contributed by atoms with van der Waals surface area (Å²) in [5, 5.41) is 1.92. The number of carbonyl (C=O) groups excluding carboxylic acids is 1. The SMILES string of the molecule is Cc1nc(S[C@@H](C)C(=O)N(C)c2ccccc2)c2c3c(sc2n1)CCC3. The molecule has 0 saturated heterocycles. The Labute approximate surface area is 161 Å². The Morgan fingerprint density at radius 1 is 1.23 bits per heavy atom. The Bertz CT molecular complexity index is 968. The molecule has 1 aliphatic carbocycles. The van der Waals surface area contributed by atoms with Gasteiger partial charge in [0.1, 0.15) is 15.7 Å². The van der Waals surface area contributed by atoms with Crippen LogP contribution >= 0.6 is 23.1 Å². The van der Waals surface area contributed by atoms with Gasteiger partial charge in [0, 0.05) is 23.0 Å². The van der Waals surface area contributed by atoms with E-state index in [1.807, 2.05) is 51.2 Å². The van der Waals surface area contributed by atoms with Crippen molar-refractivity contribution in [1.82, 2.24) is 9.97 Å². The molecule has 0 saturated carbocycles. The summed E-state index contributed by atoms with van der Waals surface area (Å²) in [7, 11) is 1.83. The number of hydrogen-bond acceptors (Lipinski definition) is 5. The second-order valence-electron chi connectivity index (χ2n) is 6.61. The van der Waals surface area contributed by atoms with Gasteiger partial charge in [-0.1, -0.05) is 30.0 Å². The molecule has 1 atom stereocenters. The summed E-state index contributed by atoms with van der Waals surface area (Å²) in [5.74, 6) is 0.855. The zero-order valence-corrected chi connectivity index (χ0v) is 16.8. The first-order chi connectivity index (χ1) is 12.5. The van der Waals surface area contributed by atoms with E-state index in [0.29, 0.717) is 0 Å². The third-order valence-electron chi connectivity index (χ3n) is 4.75. The van der Waals surface area contributed by atoms with Crippen LogP contribution in [0.15, 0.2) is 35.4 Å². The van der Waals surface area contributed by atoms with Gasteiger partial charge >= 0.3 is 0 Å². The molecule has 0 radical (unpaired) electrons. The molecular weight excluding hydrogens is 362 g/mol. The Kier molecular flexibility index (Phi) is 4.71. The van der Waals surface area contributed by atoms with E-state index < -0.39 is 0 Å². The average Bonchev–Trinajstić information content (AvgIpc) is 3.21. The zero-order valence-electron chi connectivity index (χ0n) is 15.2. The summed E-state index contributed by atoms with van der Waals surface area (Å²) < 4.78 is 0. The molecule has 2 aromatic heterocycles. The van der Waals surface area contributed by atoms with Crippen LogP contribution in [0.25, 0.3) is 10.2 Å². The van der Waals surface area contributed by atoms with Gasteiger partial charge in [0.15, 0.2) is 0 Å². The number of fused-ring (bicyclic) bond motifs is 3. The molecule has 1 amide bonds. The zero-order chi connectivity index (χ0) is 18.3. The summed E-state index contributed by atoms with van der Waals surface area (Å²) in [6.45, 7) is 3.89. The van der Waals surface area contributed by atoms with Crippen LogP contribution in [0.4, 0.5) is 5.69 Å². The fourth-order valence-electron chi connectivity index (χ4n) is 3.42. The highest BCUT2D eigenvalue weighted by Gasteiger charge is 2.26. The maximum absolute atomic E-state index is 12.9. The van der Waals surface area contributed by atoms with Crippen LogP contribution < -0.4 is 4.90 Å². The van der Waals surface area contributed by atoms with E-state index in [9.17, 15) is 4.79 Å². The van der Waals surface area contributed by atoms with E-state index in [1.165, 1.54) is 22.2 Å². The molecule has 0 spiro atoms. The van der Waals surface area contributed by atoms with Crippen molar-refractivity contribution < 1.29 is 4.79 Å². The van der Waals surface area contributed by atoms with Gasteiger partial charge in [0.25, 0.3) is 0 Å². The number of thiophene rings is 1. The first kappa shape index (κ1) is 17.5. The van der Waals surface area contributed by atoms with Crippen molar-refractivity contribution >= 4 is 44.9 Å². The fourth-order valence-corrected chi connectivity index (χ4v) is 5.91. The molecule has 0 unspecified atom stereocenters. The van der Waals surface area contributed by atoms with Crippen LogP contribution in [0.3, 0.4) is 0 Å². The van der Waals surface area contributed by atoms with Crippen LogP contribution in [0, 0.1) is 6.92 Å². The van der Waals surface area contributed by atoms with Crippen molar-refractivity contribution in [3.05, 3.63) is 46.6 Å². The molecule has 4 nitrogen and oxygen atoms in total. The monoisotopic (exact) mass is 383 g/mol. The smallest absolute Gasteiger partial charge is 0.239 e. The Morgan fingerprint density at radius 2 is 2.00 bits per heavy atom. The molecular formula is C20H21N3OS2. The number of hydrogen-bond donors (Lipinski definition) is 0. The quantitative estimate of drug-likeness (QED) is 0.487. The number of thioether (sulfide) groups is 1. The molecule has 3 aromatic rings. The highest BCUT2D eigenvalue weighted by molar-refractivity contribution is 8.00. The molecule has 1 aliphatic rings. The van der Waals surface area contributed by atoms with Gasteiger partial charge < -0.3 is 4.90 Å². The first-order valence-electron chi connectivity index (χ1n) is 8.82. The third kappa shape index (κ3) is 3.12. The predicted molar refractivity (Wildman–Crippen MR) is 109 cm³/mol. The van der Waals surface area contributed by atoms with Crippen LogP contribution in [0.5, 0.6) is 0 Å². The highest BCUT2D eigenvalue weighted by Crippen LogP contribution is 2.41. The van der Waals surface area contributed by atoms with Crippen molar-refractivity contribution in [1.29, 1.82) is 0 Å². The van der Waals surface area contributed by atoms with Gasteiger partial charge in [-0.2, -0.15) is 0 Å². The van der Waals surface area contributed by atoms with E-state index in [4.69, 9.17) is 4.98 Å². The number of nitrogens with zero attached hydrogens (tertiary/aromatic N) is 3. The number of carbonyl (C=O) groups is 1. The van der Waals surface area contributed by atoms with E-state index in [1.54, 1.807) is 28.0 Å². The fraction of sp³-hybridized carbons (Fsp3) is 0.350. The lowest BCUT2D eigenvalue weighted by Gasteiger charge is -2.21. The van der Waals surface area contributed by atoms with E-state index >= 15 is 0 Å². The number of rotatable bonds is 4. The van der Waals surface area contributed by atoms with Crippen molar-refractivity contribution in [2.45, 2.75) is 43.4 Å². The minimum atomic E-state index is -0.213. The van der Waals surface area contributed by atoms with Crippen molar-refractivity contribution in [3.63, 3.8) is 0 Å². The second kappa shape index (κ2) is 7.00. The third-order valence-corrected chi connectivity index (χ3v) is 7.01. The van der Waals surface area contributed by atoms with Gasteiger partial charge in [-0.25, -0.2) is 9.97 Å². The molecule has 0 bridgehead atoms. The summed E-state index contributed by atoms with van der Waals surface area (Å²) >= 11 is 3.35. The van der Waals surface area contributed by atoms with E-state index in [-0.39, 0.29) is 11.2 Å². The van der Waals surface area contributed by atoms with E-state index in [2.05, 4.69) is 4.98 Å². The number of aromatic nitrogens is 2. The molecule has 0 fully saturated rings. The normalized spacial score (nSPS) is 14.4. The molecule has 0 aliphatic heterocycles. The predicted octanol–water partition coefficient (Wildman–Crippen LogP) is 4.63. The first-order valence-corrected chi connectivity index (χ1v) is 10.5. The maximum atomic E-state index is 12.9. The number of para-hydroxylation sites is 1. The van der Waals surface area contributed by atoms with Crippen molar-refractivity contribution in [3.8, 4) is 0 Å². The molecule has 26 heavy (non-hydrogen) atoms. The molecule has 6 heteroatoms. The molecule has 1 aromatic carbocycles. The summed E-state index contributed by atoms with van der Waals surface area (Å²) in [5.41, 5.74) is 2.31. The summed E-state index contributed by atoms with van der Waals surface area (Å²) in [4.78, 5) is 26.5. The number of anilines is 1. The van der Waals surface area contributed by atoms with Crippen molar-refractivity contribution in [2.24, 2.45) is 0 Å². The van der Waals surface area contributed by atoms with Crippen LogP contribution in [0.2, 0.25) is 0 Å². The molecule has 4 rings (SSSR count). The van der Waals surface area contributed by atoms with Crippen LogP contribution in [0.1, 0.15) is 29.6 Å². The largest absolute Gasteiger partial charge is 0.315 e. The van der Waals surface area contributed by atoms with Gasteiger partial charge in [-0.05, 0) is 50.8 Å². The topological polar surface area (TPSA) is 46.1 Å². The second-order valence-corrected chi connectivity index (χ2v) is 9.02. The minimum absolute atomic E-state index is 0.0810. The van der Waals surface area contributed by atoms with Crippen LogP contribution in [-0.2, 0) is 17.6 Å². The number of benzene rings is 1. The standard InChI is InChI=1S/C20H21N3OS2/c1-12(20(24)23(3)14-8-5-4-6-9-14)25-18-17-15-10-7-11-16(15)26-19(17)22-13(2)21-18/h4-6,8-9,12H,7,10-11H2,1-3H3/t12-/m0/s1. The molecule has 2 heterocycles. The molecule has 0 N–H and O–H groups in total. The van der Waals surface area contributed by atoms with Gasteiger partial charge in [-0.3, -0.25) is 4.79 Å². The minimum Gasteiger partial charge on any atom is -0.315 e. The Morgan fingerprint density at radius 3 is 2.77 bits per heavy atom. The number of amides is 1. The Balaban J connectivity index is 1.63. The van der Waals surface area contributed by atoms with Gasteiger partial charge in [0.2, 0.25) is 5.91 Å². The lowest BCUT2D eigenvalue weighted by molar-refractivity contribution is -0.117. The Hall–Kier alpha value is -1.92. The summed E-state index contributed by atoms with van der Waals surface area (Å²) in [6, 6.07) is 9.76.